The van der Waals surface area contributed by atoms with Gasteiger partial charge in [0.1, 0.15) is 0 Å². The van der Waals surface area contributed by atoms with Crippen molar-refractivity contribution in [3.63, 3.8) is 0 Å². The molecule has 2 unspecified atom stereocenters. The summed E-state index contributed by atoms with van der Waals surface area (Å²) in [6, 6.07) is 8.54. The summed E-state index contributed by atoms with van der Waals surface area (Å²) in [5.74, 6) is 1.37. The highest BCUT2D eigenvalue weighted by Gasteiger charge is 2.18. The second kappa shape index (κ2) is 7.52. The molecule has 2 atom stereocenters. The smallest absolute Gasteiger partial charge is 0.0409 e. The van der Waals surface area contributed by atoms with Gasteiger partial charge in [-0.05, 0) is 43.5 Å². The van der Waals surface area contributed by atoms with Crippen LogP contribution in [-0.2, 0) is 0 Å². The van der Waals surface area contributed by atoms with Crippen molar-refractivity contribution in [3.8, 4) is 0 Å². The van der Waals surface area contributed by atoms with Gasteiger partial charge in [-0.3, -0.25) is 4.90 Å². The van der Waals surface area contributed by atoms with E-state index in [0.29, 0.717) is 17.9 Å². The van der Waals surface area contributed by atoms with Crippen LogP contribution < -0.4 is 0 Å². The summed E-state index contributed by atoms with van der Waals surface area (Å²) in [5, 5.41) is 1.87. The zero-order valence-corrected chi connectivity index (χ0v) is 14.0. The summed E-state index contributed by atoms with van der Waals surface area (Å²) < 4.78 is 0. The Hall–Kier alpha value is -0.0500. The lowest BCUT2D eigenvalue weighted by atomic mass is 9.96. The fourth-order valence-electron chi connectivity index (χ4n) is 1.99. The zero-order chi connectivity index (χ0) is 13.7. The van der Waals surface area contributed by atoms with E-state index in [9.17, 15) is 0 Å². The van der Waals surface area contributed by atoms with Gasteiger partial charge in [0.15, 0.2) is 0 Å². The molecule has 0 aliphatic carbocycles. The maximum atomic E-state index is 6.05. The third-order valence-electron chi connectivity index (χ3n) is 3.66. The maximum absolute atomic E-state index is 6.05. The minimum atomic E-state index is 0.393. The van der Waals surface area contributed by atoms with Gasteiger partial charge in [0.25, 0.3) is 0 Å². The number of rotatable bonds is 6. The Bertz CT molecular complexity index is 367. The van der Waals surface area contributed by atoms with Crippen LogP contribution in [0.4, 0.5) is 0 Å². The predicted molar refractivity (Wildman–Crippen MR) is 84.6 cm³/mol. The largest absolute Gasteiger partial charge is 0.299 e. The van der Waals surface area contributed by atoms with Gasteiger partial charge < -0.3 is 0 Å². The molecule has 18 heavy (non-hydrogen) atoms. The first-order valence-corrected chi connectivity index (χ1v) is 7.97. The standard InChI is InChI=1S/C15H23BrClN/c1-11(2)14(9-16)10-18(4)12(3)13-6-5-7-15(17)8-13/h5-8,11-12,14H,9-10H2,1-4H3. The van der Waals surface area contributed by atoms with E-state index in [-0.39, 0.29) is 0 Å². The molecule has 0 saturated carbocycles. The Morgan fingerprint density at radius 2 is 1.94 bits per heavy atom. The molecule has 0 aliphatic heterocycles. The summed E-state index contributed by atoms with van der Waals surface area (Å²) >= 11 is 9.67. The average Bonchev–Trinajstić information content (AvgIpc) is 2.34. The number of hydrogen-bond donors (Lipinski definition) is 0. The first kappa shape index (κ1) is 16.0. The zero-order valence-electron chi connectivity index (χ0n) is 11.7. The molecular formula is C15H23BrClN. The van der Waals surface area contributed by atoms with Gasteiger partial charge in [-0.2, -0.15) is 0 Å². The molecule has 3 heteroatoms. The number of halogens is 2. The summed E-state index contributed by atoms with van der Waals surface area (Å²) in [7, 11) is 2.18. The number of nitrogens with zero attached hydrogens (tertiary/aromatic N) is 1. The van der Waals surface area contributed by atoms with E-state index in [0.717, 1.165) is 16.9 Å². The molecule has 102 valence electrons. The molecule has 0 saturated heterocycles. The van der Waals surface area contributed by atoms with E-state index in [2.05, 4.69) is 60.8 Å². The molecule has 0 heterocycles. The number of hydrogen-bond acceptors (Lipinski definition) is 1. The van der Waals surface area contributed by atoms with Gasteiger partial charge in [-0.1, -0.05) is 53.5 Å². The topological polar surface area (TPSA) is 3.24 Å². The molecule has 1 nitrogen and oxygen atoms in total. The predicted octanol–water partition coefficient (Wildman–Crippen LogP) is 5.00. The Morgan fingerprint density at radius 1 is 1.28 bits per heavy atom. The van der Waals surface area contributed by atoms with Gasteiger partial charge in [0.05, 0.1) is 0 Å². The van der Waals surface area contributed by atoms with Crippen LogP contribution in [-0.4, -0.2) is 23.8 Å². The SMILES string of the molecule is CC(C)C(CBr)CN(C)C(C)c1cccc(Cl)c1. The maximum Gasteiger partial charge on any atom is 0.0409 e. The molecular weight excluding hydrogens is 310 g/mol. The van der Waals surface area contributed by atoms with Crippen LogP contribution in [0.2, 0.25) is 5.02 Å². The van der Waals surface area contributed by atoms with E-state index in [1.165, 1.54) is 5.56 Å². The highest BCUT2D eigenvalue weighted by molar-refractivity contribution is 9.09. The van der Waals surface area contributed by atoms with Crippen LogP contribution >= 0.6 is 27.5 Å². The summed E-state index contributed by atoms with van der Waals surface area (Å²) in [6.45, 7) is 7.89. The van der Waals surface area contributed by atoms with Crippen molar-refractivity contribution in [2.45, 2.75) is 26.8 Å². The van der Waals surface area contributed by atoms with Crippen LogP contribution in [0, 0.1) is 11.8 Å². The third kappa shape index (κ3) is 4.56. The molecule has 0 bridgehead atoms. The molecule has 0 N–H and O–H groups in total. The molecule has 1 aromatic rings. The van der Waals surface area contributed by atoms with E-state index in [4.69, 9.17) is 11.6 Å². The van der Waals surface area contributed by atoms with Gasteiger partial charge in [-0.15, -0.1) is 0 Å². The lowest BCUT2D eigenvalue weighted by Crippen LogP contribution is -2.31. The van der Waals surface area contributed by atoms with Crippen molar-refractivity contribution in [1.82, 2.24) is 4.90 Å². The molecule has 0 aliphatic rings. The lowest BCUT2D eigenvalue weighted by Gasteiger charge is -2.30. The Kier molecular flexibility index (Phi) is 6.68. The quantitative estimate of drug-likeness (QED) is 0.663. The number of alkyl halides is 1. The van der Waals surface area contributed by atoms with Crippen LogP contribution in [0.15, 0.2) is 24.3 Å². The van der Waals surface area contributed by atoms with Crippen LogP contribution in [0.1, 0.15) is 32.4 Å². The minimum absolute atomic E-state index is 0.393. The lowest BCUT2D eigenvalue weighted by molar-refractivity contribution is 0.205. The first-order valence-electron chi connectivity index (χ1n) is 6.47. The minimum Gasteiger partial charge on any atom is -0.299 e. The third-order valence-corrected chi connectivity index (χ3v) is 4.72. The van der Waals surface area contributed by atoms with Crippen molar-refractivity contribution >= 4 is 27.5 Å². The Labute approximate surface area is 125 Å². The van der Waals surface area contributed by atoms with Crippen molar-refractivity contribution in [2.75, 3.05) is 18.9 Å². The van der Waals surface area contributed by atoms with Crippen molar-refractivity contribution in [1.29, 1.82) is 0 Å². The average molecular weight is 333 g/mol. The fourth-order valence-corrected chi connectivity index (χ4v) is 3.14. The van der Waals surface area contributed by atoms with E-state index >= 15 is 0 Å². The first-order chi connectivity index (χ1) is 8.45. The fraction of sp³-hybridized carbons (Fsp3) is 0.600. The van der Waals surface area contributed by atoms with Crippen LogP contribution in [0.5, 0.6) is 0 Å². The van der Waals surface area contributed by atoms with Crippen molar-refractivity contribution in [2.24, 2.45) is 11.8 Å². The second-order valence-electron chi connectivity index (χ2n) is 5.33. The van der Waals surface area contributed by atoms with Gasteiger partial charge in [-0.25, -0.2) is 0 Å². The van der Waals surface area contributed by atoms with E-state index < -0.39 is 0 Å². The Morgan fingerprint density at radius 3 is 2.44 bits per heavy atom. The molecule has 0 fully saturated rings. The normalized spacial score (nSPS) is 15.1. The summed E-state index contributed by atoms with van der Waals surface area (Å²) in [4.78, 5) is 2.40. The van der Waals surface area contributed by atoms with Gasteiger partial charge >= 0.3 is 0 Å². The monoisotopic (exact) mass is 331 g/mol. The highest BCUT2D eigenvalue weighted by atomic mass is 79.9. The summed E-state index contributed by atoms with van der Waals surface area (Å²) in [6.07, 6.45) is 0. The van der Waals surface area contributed by atoms with Gasteiger partial charge in [0.2, 0.25) is 0 Å². The summed E-state index contributed by atoms with van der Waals surface area (Å²) in [5.41, 5.74) is 1.28. The van der Waals surface area contributed by atoms with Gasteiger partial charge in [0, 0.05) is 22.9 Å². The Balaban J connectivity index is 2.69. The molecule has 1 rings (SSSR count). The molecule has 0 radical (unpaired) electrons. The molecule has 1 aromatic carbocycles. The molecule has 0 spiro atoms. The van der Waals surface area contributed by atoms with Crippen LogP contribution in [0.25, 0.3) is 0 Å². The molecule has 0 amide bonds. The van der Waals surface area contributed by atoms with Crippen molar-refractivity contribution in [3.05, 3.63) is 34.9 Å². The second-order valence-corrected chi connectivity index (χ2v) is 6.41. The van der Waals surface area contributed by atoms with Crippen molar-refractivity contribution < 1.29 is 0 Å². The molecule has 0 aromatic heterocycles. The van der Waals surface area contributed by atoms with E-state index in [1.54, 1.807) is 0 Å². The van der Waals surface area contributed by atoms with E-state index in [1.807, 2.05) is 12.1 Å². The van der Waals surface area contributed by atoms with Crippen LogP contribution in [0.3, 0.4) is 0 Å². The number of benzene rings is 1. The highest BCUT2D eigenvalue weighted by Crippen LogP contribution is 2.24.